The van der Waals surface area contributed by atoms with Crippen LogP contribution in [0.3, 0.4) is 0 Å². The molecular weight excluding hydrogens is 226 g/mol. The highest BCUT2D eigenvalue weighted by atomic mass is 16.4. The number of aliphatic carboxylic acids is 1. The quantitative estimate of drug-likeness (QED) is 0.892. The van der Waals surface area contributed by atoms with Gasteiger partial charge in [-0.2, -0.15) is 0 Å². The minimum absolute atomic E-state index is 0.223. The molecule has 98 valence electrons. The van der Waals surface area contributed by atoms with E-state index < -0.39 is 12.0 Å². The lowest BCUT2D eigenvalue weighted by Gasteiger charge is -2.28. The van der Waals surface area contributed by atoms with E-state index in [4.69, 9.17) is 0 Å². The van der Waals surface area contributed by atoms with Gasteiger partial charge >= 0.3 is 5.97 Å². The van der Waals surface area contributed by atoms with Crippen LogP contribution in [-0.4, -0.2) is 23.7 Å². The van der Waals surface area contributed by atoms with Gasteiger partial charge in [-0.05, 0) is 23.5 Å². The first-order chi connectivity index (χ1) is 8.38. The number of rotatable bonds is 3. The SMILES string of the molecule is CC(C)(C)CCN1c2ccccc2CC1C(=O)O. The van der Waals surface area contributed by atoms with E-state index in [1.165, 1.54) is 0 Å². The second-order valence-corrected chi connectivity index (χ2v) is 6.19. The fourth-order valence-corrected chi connectivity index (χ4v) is 2.40. The lowest BCUT2D eigenvalue weighted by atomic mass is 9.92. The molecular formula is C15H21NO2. The summed E-state index contributed by atoms with van der Waals surface area (Å²) < 4.78 is 0. The summed E-state index contributed by atoms with van der Waals surface area (Å²) in [6.45, 7) is 7.36. The molecule has 0 aliphatic carbocycles. The van der Waals surface area contributed by atoms with Crippen LogP contribution < -0.4 is 4.90 Å². The minimum atomic E-state index is -0.722. The Hall–Kier alpha value is -1.51. The van der Waals surface area contributed by atoms with Gasteiger partial charge in [-0.15, -0.1) is 0 Å². The van der Waals surface area contributed by atoms with Gasteiger partial charge in [-0.25, -0.2) is 4.79 Å². The van der Waals surface area contributed by atoms with Crippen LogP contribution >= 0.6 is 0 Å². The van der Waals surface area contributed by atoms with Crippen molar-refractivity contribution in [3.8, 4) is 0 Å². The molecule has 0 bridgehead atoms. The van der Waals surface area contributed by atoms with Crippen LogP contribution in [0.25, 0.3) is 0 Å². The predicted molar refractivity (Wildman–Crippen MR) is 73.0 cm³/mol. The summed E-state index contributed by atoms with van der Waals surface area (Å²) in [5, 5.41) is 9.34. The molecule has 1 aromatic carbocycles. The van der Waals surface area contributed by atoms with Crippen molar-refractivity contribution in [2.45, 2.75) is 39.7 Å². The summed E-state index contributed by atoms with van der Waals surface area (Å²) in [7, 11) is 0. The molecule has 1 aliphatic rings. The van der Waals surface area contributed by atoms with Gasteiger partial charge in [-0.1, -0.05) is 39.0 Å². The van der Waals surface area contributed by atoms with E-state index >= 15 is 0 Å². The second kappa shape index (κ2) is 4.63. The number of hydrogen-bond donors (Lipinski definition) is 1. The molecule has 1 atom stereocenters. The standard InChI is InChI=1S/C15H21NO2/c1-15(2,3)8-9-16-12-7-5-4-6-11(12)10-13(16)14(17)18/h4-7,13H,8-10H2,1-3H3,(H,17,18). The molecule has 1 aromatic rings. The zero-order valence-corrected chi connectivity index (χ0v) is 11.3. The fraction of sp³-hybridized carbons (Fsp3) is 0.533. The Bertz CT molecular complexity index is 448. The Morgan fingerprint density at radius 2 is 2.06 bits per heavy atom. The van der Waals surface area contributed by atoms with E-state index in [1.807, 2.05) is 29.2 Å². The zero-order chi connectivity index (χ0) is 13.3. The molecule has 0 amide bonds. The Morgan fingerprint density at radius 3 is 2.67 bits per heavy atom. The number of nitrogens with zero attached hydrogens (tertiary/aromatic N) is 1. The molecule has 0 saturated carbocycles. The third-order valence-electron chi connectivity index (χ3n) is 3.48. The number of hydrogen-bond acceptors (Lipinski definition) is 2. The molecule has 2 rings (SSSR count). The van der Waals surface area contributed by atoms with E-state index in [1.54, 1.807) is 0 Å². The fourth-order valence-electron chi connectivity index (χ4n) is 2.40. The topological polar surface area (TPSA) is 40.5 Å². The van der Waals surface area contributed by atoms with Crippen molar-refractivity contribution in [1.82, 2.24) is 0 Å². The average Bonchev–Trinajstić information content (AvgIpc) is 2.64. The molecule has 0 fully saturated rings. The van der Waals surface area contributed by atoms with Gasteiger partial charge in [-0.3, -0.25) is 0 Å². The van der Waals surface area contributed by atoms with E-state index in [2.05, 4.69) is 20.8 Å². The van der Waals surface area contributed by atoms with Crippen molar-refractivity contribution in [2.75, 3.05) is 11.4 Å². The smallest absolute Gasteiger partial charge is 0.326 e. The number of carboxylic acids is 1. The molecule has 0 spiro atoms. The van der Waals surface area contributed by atoms with Crippen LogP contribution in [0.1, 0.15) is 32.8 Å². The molecule has 0 radical (unpaired) electrons. The van der Waals surface area contributed by atoms with E-state index in [-0.39, 0.29) is 5.41 Å². The summed E-state index contributed by atoms with van der Waals surface area (Å²) >= 11 is 0. The van der Waals surface area contributed by atoms with Crippen LogP contribution in [0.15, 0.2) is 24.3 Å². The van der Waals surface area contributed by atoms with Gasteiger partial charge in [0.15, 0.2) is 0 Å². The first-order valence-corrected chi connectivity index (χ1v) is 6.46. The molecule has 1 N–H and O–H groups in total. The summed E-state index contributed by atoms with van der Waals surface area (Å²) in [5.41, 5.74) is 2.47. The molecule has 3 heteroatoms. The normalized spacial score (nSPS) is 18.8. The Kier molecular flexibility index (Phi) is 3.33. The third kappa shape index (κ3) is 2.66. The summed E-state index contributed by atoms with van der Waals surface area (Å²) in [6, 6.07) is 7.62. The van der Waals surface area contributed by atoms with Crippen LogP contribution in [0.4, 0.5) is 5.69 Å². The van der Waals surface area contributed by atoms with E-state index in [0.717, 1.165) is 24.2 Å². The molecule has 18 heavy (non-hydrogen) atoms. The maximum absolute atomic E-state index is 11.4. The third-order valence-corrected chi connectivity index (χ3v) is 3.48. The van der Waals surface area contributed by atoms with Gasteiger partial charge in [0, 0.05) is 18.7 Å². The Morgan fingerprint density at radius 1 is 1.39 bits per heavy atom. The highest BCUT2D eigenvalue weighted by Gasteiger charge is 2.34. The van der Waals surface area contributed by atoms with Crippen molar-refractivity contribution in [3.05, 3.63) is 29.8 Å². The Labute approximate surface area is 108 Å². The highest BCUT2D eigenvalue weighted by Crippen LogP contribution is 2.33. The van der Waals surface area contributed by atoms with Gasteiger partial charge < -0.3 is 10.0 Å². The number of para-hydroxylation sites is 1. The van der Waals surface area contributed by atoms with E-state index in [9.17, 15) is 9.90 Å². The molecule has 1 aliphatic heterocycles. The van der Waals surface area contributed by atoms with Gasteiger partial charge in [0.1, 0.15) is 6.04 Å². The summed E-state index contributed by atoms with van der Waals surface area (Å²) in [6.07, 6.45) is 1.61. The van der Waals surface area contributed by atoms with Crippen molar-refractivity contribution in [3.63, 3.8) is 0 Å². The summed E-state index contributed by atoms with van der Waals surface area (Å²) in [4.78, 5) is 13.4. The summed E-state index contributed by atoms with van der Waals surface area (Å²) in [5.74, 6) is -0.722. The number of carbonyl (C=O) groups is 1. The average molecular weight is 247 g/mol. The molecule has 3 nitrogen and oxygen atoms in total. The van der Waals surface area contributed by atoms with Crippen molar-refractivity contribution in [2.24, 2.45) is 5.41 Å². The Balaban J connectivity index is 2.21. The lowest BCUT2D eigenvalue weighted by Crippen LogP contribution is -2.40. The van der Waals surface area contributed by atoms with Crippen LogP contribution in [0.2, 0.25) is 0 Å². The maximum atomic E-state index is 11.4. The minimum Gasteiger partial charge on any atom is -0.480 e. The zero-order valence-electron chi connectivity index (χ0n) is 11.3. The molecule has 0 aromatic heterocycles. The van der Waals surface area contributed by atoms with Gasteiger partial charge in [0.2, 0.25) is 0 Å². The molecule has 0 saturated heterocycles. The van der Waals surface area contributed by atoms with Crippen molar-refractivity contribution >= 4 is 11.7 Å². The monoisotopic (exact) mass is 247 g/mol. The number of anilines is 1. The first-order valence-electron chi connectivity index (χ1n) is 6.46. The number of carboxylic acid groups (broad SMARTS) is 1. The highest BCUT2D eigenvalue weighted by molar-refractivity contribution is 5.82. The number of fused-ring (bicyclic) bond motifs is 1. The molecule has 1 heterocycles. The van der Waals surface area contributed by atoms with Gasteiger partial charge in [0.05, 0.1) is 0 Å². The van der Waals surface area contributed by atoms with Crippen molar-refractivity contribution in [1.29, 1.82) is 0 Å². The largest absolute Gasteiger partial charge is 0.480 e. The lowest BCUT2D eigenvalue weighted by molar-refractivity contribution is -0.138. The second-order valence-electron chi connectivity index (χ2n) is 6.19. The van der Waals surface area contributed by atoms with Crippen LogP contribution in [0.5, 0.6) is 0 Å². The maximum Gasteiger partial charge on any atom is 0.326 e. The first kappa shape index (κ1) is 12.9. The molecule has 1 unspecified atom stereocenters. The van der Waals surface area contributed by atoms with E-state index in [0.29, 0.717) is 6.42 Å². The number of benzene rings is 1. The van der Waals surface area contributed by atoms with Crippen LogP contribution in [-0.2, 0) is 11.2 Å². The van der Waals surface area contributed by atoms with Crippen LogP contribution in [0, 0.1) is 5.41 Å². The predicted octanol–water partition coefficient (Wildman–Crippen LogP) is 2.94. The van der Waals surface area contributed by atoms with Crippen molar-refractivity contribution < 1.29 is 9.90 Å². The van der Waals surface area contributed by atoms with Gasteiger partial charge in [0.25, 0.3) is 0 Å².